The van der Waals surface area contributed by atoms with Gasteiger partial charge in [0.1, 0.15) is 11.5 Å². The summed E-state index contributed by atoms with van der Waals surface area (Å²) in [4.78, 5) is 15.5. The molecule has 0 aliphatic heterocycles. The van der Waals surface area contributed by atoms with Gasteiger partial charge in [-0.1, -0.05) is 30.3 Å². The van der Waals surface area contributed by atoms with Crippen LogP contribution in [0, 0.1) is 0 Å². The van der Waals surface area contributed by atoms with Crippen molar-refractivity contribution in [2.75, 3.05) is 23.3 Å². The number of aromatic nitrogens is 4. The fourth-order valence-corrected chi connectivity index (χ4v) is 3.39. The number of nitrogens with zero attached hydrogens (tertiary/aromatic N) is 5. The quantitative estimate of drug-likeness (QED) is 0.418. The highest BCUT2D eigenvalue weighted by Crippen LogP contribution is 2.23. The summed E-state index contributed by atoms with van der Waals surface area (Å²) in [6.07, 6.45) is 3.16. The summed E-state index contributed by atoms with van der Waals surface area (Å²) in [7, 11) is 0. The Balaban J connectivity index is 1.66. The number of furan rings is 1. The van der Waals surface area contributed by atoms with E-state index in [1.54, 1.807) is 24.5 Å². The van der Waals surface area contributed by atoms with Gasteiger partial charge in [0.25, 0.3) is 5.91 Å². The molecule has 0 unspecified atom stereocenters. The molecule has 32 heavy (non-hydrogen) atoms. The number of tetrazole rings is 1. The van der Waals surface area contributed by atoms with Crippen LogP contribution in [0.4, 0.5) is 11.4 Å². The van der Waals surface area contributed by atoms with Gasteiger partial charge in [-0.3, -0.25) is 4.79 Å². The summed E-state index contributed by atoms with van der Waals surface area (Å²) < 4.78 is 6.85. The predicted octanol–water partition coefficient (Wildman–Crippen LogP) is 4.42. The predicted molar refractivity (Wildman–Crippen MR) is 125 cm³/mol. The monoisotopic (exact) mass is 428 g/mol. The first-order valence-corrected chi connectivity index (χ1v) is 10.4. The smallest absolute Gasteiger partial charge is 0.274 e. The number of carbonyl (C=O) groups excluding carboxylic acids is 1. The lowest BCUT2D eigenvalue weighted by Gasteiger charge is -2.21. The van der Waals surface area contributed by atoms with Gasteiger partial charge >= 0.3 is 0 Å². The van der Waals surface area contributed by atoms with Crippen molar-refractivity contribution in [1.29, 1.82) is 0 Å². The lowest BCUT2D eigenvalue weighted by Crippen LogP contribution is -2.22. The maximum atomic E-state index is 13.3. The highest BCUT2D eigenvalue weighted by molar-refractivity contribution is 6.24. The lowest BCUT2D eigenvalue weighted by atomic mass is 10.2. The van der Waals surface area contributed by atoms with Crippen molar-refractivity contribution in [3.8, 4) is 11.4 Å². The van der Waals surface area contributed by atoms with Crippen LogP contribution in [0.1, 0.15) is 19.6 Å². The zero-order valence-corrected chi connectivity index (χ0v) is 18.0. The Morgan fingerprint density at radius 2 is 1.78 bits per heavy atom. The Morgan fingerprint density at radius 3 is 2.44 bits per heavy atom. The number of benzene rings is 2. The molecule has 8 heteroatoms. The van der Waals surface area contributed by atoms with Crippen molar-refractivity contribution in [1.82, 2.24) is 20.2 Å². The van der Waals surface area contributed by atoms with Gasteiger partial charge in [-0.25, -0.2) is 0 Å². The Bertz CT molecular complexity index is 1180. The molecule has 0 atom stereocenters. The molecule has 1 amide bonds. The molecular weight excluding hydrogens is 404 g/mol. The Labute approximate surface area is 186 Å². The van der Waals surface area contributed by atoms with Gasteiger partial charge in [-0.2, -0.15) is 4.68 Å². The third-order valence-corrected chi connectivity index (χ3v) is 5.04. The van der Waals surface area contributed by atoms with Gasteiger partial charge in [0.2, 0.25) is 0 Å². The standard InChI is InChI=1S/C24H24N6O2/c1-3-29(4-2)20-14-12-19(13-15-20)25-24(31)22(17-21-11-8-16-32-21)30-23(26-27-28-30)18-9-6-5-7-10-18/h5-17H,3-4H2,1-2H3,(H,25,31)/b22-17+. The molecule has 0 fully saturated rings. The van der Waals surface area contributed by atoms with Crippen LogP contribution >= 0.6 is 0 Å². The molecule has 2 heterocycles. The SMILES string of the molecule is CCN(CC)c1ccc(NC(=O)/C(=C\c2ccco2)n2nnnc2-c2ccccc2)cc1. The summed E-state index contributed by atoms with van der Waals surface area (Å²) in [5, 5.41) is 14.9. The molecule has 4 rings (SSSR count). The van der Waals surface area contributed by atoms with Gasteiger partial charge in [0.05, 0.1) is 6.26 Å². The maximum Gasteiger partial charge on any atom is 0.274 e. The molecule has 0 radical (unpaired) electrons. The van der Waals surface area contributed by atoms with Crippen molar-refractivity contribution in [3.63, 3.8) is 0 Å². The van der Waals surface area contributed by atoms with Crippen LogP contribution in [0.15, 0.2) is 77.4 Å². The first kappa shape index (κ1) is 21.0. The highest BCUT2D eigenvalue weighted by atomic mass is 16.3. The van der Waals surface area contributed by atoms with Crippen LogP contribution < -0.4 is 10.2 Å². The van der Waals surface area contributed by atoms with Crippen LogP contribution in [-0.2, 0) is 4.79 Å². The molecule has 0 bridgehead atoms. The topological polar surface area (TPSA) is 89.1 Å². The van der Waals surface area contributed by atoms with E-state index in [4.69, 9.17) is 4.42 Å². The zero-order valence-electron chi connectivity index (χ0n) is 18.0. The molecule has 8 nitrogen and oxygen atoms in total. The average Bonchev–Trinajstić information content (AvgIpc) is 3.52. The fourth-order valence-electron chi connectivity index (χ4n) is 3.39. The Hall–Kier alpha value is -4.20. The second-order valence-electron chi connectivity index (χ2n) is 7.00. The van der Waals surface area contributed by atoms with Crippen molar-refractivity contribution < 1.29 is 9.21 Å². The summed E-state index contributed by atoms with van der Waals surface area (Å²) in [5.41, 5.74) is 2.80. The number of rotatable bonds is 8. The minimum Gasteiger partial charge on any atom is -0.465 e. The first-order chi connectivity index (χ1) is 15.7. The van der Waals surface area contributed by atoms with Crippen molar-refractivity contribution in [3.05, 3.63) is 78.8 Å². The molecule has 0 spiro atoms. The van der Waals surface area contributed by atoms with Crippen LogP contribution in [0.2, 0.25) is 0 Å². The summed E-state index contributed by atoms with van der Waals surface area (Å²) >= 11 is 0. The average molecular weight is 428 g/mol. The molecule has 0 saturated carbocycles. The molecule has 2 aromatic carbocycles. The summed E-state index contributed by atoms with van der Waals surface area (Å²) in [6.45, 7) is 6.06. The van der Waals surface area contributed by atoms with E-state index in [0.29, 0.717) is 17.3 Å². The molecule has 2 aromatic heterocycles. The molecule has 1 N–H and O–H groups in total. The van der Waals surface area contributed by atoms with E-state index < -0.39 is 0 Å². The van der Waals surface area contributed by atoms with E-state index in [2.05, 4.69) is 39.6 Å². The largest absolute Gasteiger partial charge is 0.465 e. The van der Waals surface area contributed by atoms with E-state index in [9.17, 15) is 4.79 Å². The Kier molecular flexibility index (Phi) is 6.41. The molecular formula is C24H24N6O2. The highest BCUT2D eigenvalue weighted by Gasteiger charge is 2.20. The van der Waals surface area contributed by atoms with Crippen molar-refractivity contribution >= 4 is 29.1 Å². The maximum absolute atomic E-state index is 13.3. The van der Waals surface area contributed by atoms with E-state index >= 15 is 0 Å². The number of hydrogen-bond donors (Lipinski definition) is 1. The van der Waals surface area contributed by atoms with Crippen molar-refractivity contribution in [2.45, 2.75) is 13.8 Å². The van der Waals surface area contributed by atoms with E-state index in [0.717, 1.165) is 24.3 Å². The molecule has 0 saturated heterocycles. The minimum absolute atomic E-state index is 0.233. The number of hydrogen-bond acceptors (Lipinski definition) is 6. The molecule has 162 valence electrons. The molecule has 4 aromatic rings. The number of carbonyl (C=O) groups is 1. The number of amides is 1. The normalized spacial score (nSPS) is 11.4. The number of nitrogens with one attached hydrogen (secondary N) is 1. The second-order valence-corrected chi connectivity index (χ2v) is 7.00. The first-order valence-electron chi connectivity index (χ1n) is 10.4. The summed E-state index contributed by atoms with van der Waals surface area (Å²) in [5.74, 6) is 0.610. The lowest BCUT2D eigenvalue weighted by molar-refractivity contribution is -0.111. The van der Waals surface area contributed by atoms with Crippen LogP contribution in [-0.4, -0.2) is 39.2 Å². The fraction of sp³-hybridized carbons (Fsp3) is 0.167. The molecule has 0 aliphatic carbocycles. The van der Waals surface area contributed by atoms with Gasteiger partial charge in [-0.05, 0) is 60.7 Å². The van der Waals surface area contributed by atoms with Crippen LogP contribution in [0.5, 0.6) is 0 Å². The van der Waals surface area contributed by atoms with Gasteiger partial charge in [0.15, 0.2) is 5.82 Å². The van der Waals surface area contributed by atoms with Gasteiger partial charge < -0.3 is 14.6 Å². The van der Waals surface area contributed by atoms with Crippen LogP contribution in [0.25, 0.3) is 23.2 Å². The van der Waals surface area contributed by atoms with E-state index in [1.807, 2.05) is 54.6 Å². The van der Waals surface area contributed by atoms with Gasteiger partial charge in [0, 0.05) is 36.1 Å². The Morgan fingerprint density at radius 1 is 1.03 bits per heavy atom. The second kappa shape index (κ2) is 9.74. The zero-order chi connectivity index (χ0) is 22.3. The minimum atomic E-state index is -0.360. The van der Waals surface area contributed by atoms with E-state index in [-0.39, 0.29) is 11.6 Å². The molecule has 0 aliphatic rings. The summed E-state index contributed by atoms with van der Waals surface area (Å²) in [6, 6.07) is 20.7. The third kappa shape index (κ3) is 4.59. The van der Waals surface area contributed by atoms with E-state index in [1.165, 1.54) is 4.68 Å². The van der Waals surface area contributed by atoms with Gasteiger partial charge in [-0.15, -0.1) is 5.10 Å². The van der Waals surface area contributed by atoms with Crippen LogP contribution in [0.3, 0.4) is 0 Å². The van der Waals surface area contributed by atoms with Crippen molar-refractivity contribution in [2.24, 2.45) is 0 Å². The number of anilines is 2. The third-order valence-electron chi connectivity index (χ3n) is 5.04.